The van der Waals surface area contributed by atoms with Gasteiger partial charge in [-0.1, -0.05) is 23.7 Å². The van der Waals surface area contributed by atoms with Gasteiger partial charge in [0, 0.05) is 18.1 Å². The van der Waals surface area contributed by atoms with Crippen LogP contribution in [0, 0.1) is 5.92 Å². The molecule has 8 nitrogen and oxygen atoms in total. The van der Waals surface area contributed by atoms with Crippen LogP contribution in [0.25, 0.3) is 0 Å². The molecule has 0 radical (unpaired) electrons. The molecule has 2 N–H and O–H groups in total. The standard InChI is InChI=1S/C24H24ClN3O5S/c25-18-9-11-20(12-10-18)34(31,32)28-13-3-5-17(16-28)23(29)27-22-8-2-1-7-21(22)24(30)26-15-19-6-4-14-33-19/h1-2,4,6-12,14,17H,3,5,13,15-16H2,(H,26,30)(H,27,29)/t17-/m1/s1. The van der Waals surface area contributed by atoms with E-state index in [0.29, 0.717) is 41.4 Å². The Morgan fingerprint density at radius 3 is 2.56 bits per heavy atom. The first-order chi connectivity index (χ1) is 16.3. The van der Waals surface area contributed by atoms with Gasteiger partial charge in [0.15, 0.2) is 0 Å². The molecule has 0 aliphatic carbocycles. The molecule has 4 rings (SSSR count). The summed E-state index contributed by atoms with van der Waals surface area (Å²) in [5.41, 5.74) is 0.672. The summed E-state index contributed by atoms with van der Waals surface area (Å²) >= 11 is 5.88. The number of amides is 2. The van der Waals surface area contributed by atoms with Crippen molar-refractivity contribution in [3.63, 3.8) is 0 Å². The molecule has 1 aliphatic rings. The zero-order valence-corrected chi connectivity index (χ0v) is 19.8. The maximum absolute atomic E-state index is 13.0. The average molecular weight is 502 g/mol. The van der Waals surface area contributed by atoms with E-state index >= 15 is 0 Å². The van der Waals surface area contributed by atoms with Crippen molar-refractivity contribution in [1.29, 1.82) is 0 Å². The van der Waals surface area contributed by atoms with Gasteiger partial charge < -0.3 is 15.1 Å². The van der Waals surface area contributed by atoms with Crippen LogP contribution < -0.4 is 10.6 Å². The number of nitrogens with one attached hydrogen (secondary N) is 2. The third-order valence-electron chi connectivity index (χ3n) is 5.64. The number of hydrogen-bond acceptors (Lipinski definition) is 5. The molecule has 0 spiro atoms. The lowest BCUT2D eigenvalue weighted by Crippen LogP contribution is -2.43. The first-order valence-electron chi connectivity index (χ1n) is 10.8. The Morgan fingerprint density at radius 2 is 1.82 bits per heavy atom. The number of para-hydroxylation sites is 1. The SMILES string of the molecule is O=C(NCc1ccco1)c1ccccc1NC(=O)[C@@H]1CCCN(S(=O)(=O)c2ccc(Cl)cc2)C1. The number of anilines is 1. The molecule has 2 amide bonds. The fourth-order valence-corrected chi connectivity index (χ4v) is 5.48. The van der Waals surface area contributed by atoms with E-state index in [-0.39, 0.29) is 29.8 Å². The Morgan fingerprint density at radius 1 is 1.06 bits per heavy atom. The van der Waals surface area contributed by atoms with Gasteiger partial charge in [-0.3, -0.25) is 9.59 Å². The summed E-state index contributed by atoms with van der Waals surface area (Å²) in [4.78, 5) is 25.9. The molecule has 3 aromatic rings. The Bertz CT molecular complexity index is 1260. The van der Waals surface area contributed by atoms with Crippen molar-refractivity contribution in [3.05, 3.63) is 83.3 Å². The minimum absolute atomic E-state index is 0.0592. The van der Waals surface area contributed by atoms with Gasteiger partial charge in [0.1, 0.15) is 5.76 Å². The predicted molar refractivity (Wildman–Crippen MR) is 128 cm³/mol. The van der Waals surface area contributed by atoms with Gasteiger partial charge in [-0.15, -0.1) is 0 Å². The van der Waals surface area contributed by atoms with Crippen molar-refractivity contribution < 1.29 is 22.4 Å². The second-order valence-electron chi connectivity index (χ2n) is 7.95. The van der Waals surface area contributed by atoms with Gasteiger partial charge in [-0.25, -0.2) is 8.42 Å². The number of sulfonamides is 1. The molecule has 1 saturated heterocycles. The molecule has 1 atom stereocenters. The van der Waals surface area contributed by atoms with E-state index in [1.165, 1.54) is 34.8 Å². The fourth-order valence-electron chi connectivity index (χ4n) is 3.83. The number of piperidine rings is 1. The second-order valence-corrected chi connectivity index (χ2v) is 10.3. The number of hydrogen-bond donors (Lipinski definition) is 2. The van der Waals surface area contributed by atoms with E-state index < -0.39 is 15.9 Å². The normalized spacial score (nSPS) is 16.7. The highest BCUT2D eigenvalue weighted by molar-refractivity contribution is 7.89. The van der Waals surface area contributed by atoms with Crippen LogP contribution in [-0.4, -0.2) is 37.6 Å². The van der Waals surface area contributed by atoms with Crippen molar-refractivity contribution in [3.8, 4) is 0 Å². The minimum Gasteiger partial charge on any atom is -0.467 e. The van der Waals surface area contributed by atoms with E-state index in [1.807, 2.05) is 0 Å². The molecule has 1 aliphatic heterocycles. The summed E-state index contributed by atoms with van der Waals surface area (Å²) in [6, 6.07) is 16.1. The van der Waals surface area contributed by atoms with Gasteiger partial charge in [0.25, 0.3) is 5.91 Å². The zero-order valence-electron chi connectivity index (χ0n) is 18.2. The smallest absolute Gasteiger partial charge is 0.253 e. The van der Waals surface area contributed by atoms with Crippen LogP contribution in [-0.2, 0) is 21.4 Å². The molecule has 0 bridgehead atoms. The monoisotopic (exact) mass is 501 g/mol. The number of benzene rings is 2. The molecule has 178 valence electrons. The van der Waals surface area contributed by atoms with E-state index in [2.05, 4.69) is 10.6 Å². The van der Waals surface area contributed by atoms with Crippen LogP contribution in [0.4, 0.5) is 5.69 Å². The maximum atomic E-state index is 13.0. The van der Waals surface area contributed by atoms with Crippen LogP contribution in [0.2, 0.25) is 5.02 Å². The number of carbonyl (C=O) groups excluding carboxylic acids is 2. The molecule has 2 aromatic carbocycles. The largest absolute Gasteiger partial charge is 0.467 e. The first kappa shape index (κ1) is 24.0. The predicted octanol–water partition coefficient (Wildman–Crippen LogP) is 3.90. The topological polar surface area (TPSA) is 109 Å². The fraction of sp³-hybridized carbons (Fsp3) is 0.250. The minimum atomic E-state index is -3.75. The van der Waals surface area contributed by atoms with Gasteiger partial charge in [0.2, 0.25) is 15.9 Å². The van der Waals surface area contributed by atoms with Crippen LogP contribution in [0.15, 0.2) is 76.2 Å². The van der Waals surface area contributed by atoms with Crippen molar-refractivity contribution in [1.82, 2.24) is 9.62 Å². The Hall–Kier alpha value is -3.14. The highest BCUT2D eigenvalue weighted by Gasteiger charge is 2.33. The summed E-state index contributed by atoms with van der Waals surface area (Å²) in [5.74, 6) is -0.626. The van der Waals surface area contributed by atoms with E-state index in [1.54, 1.807) is 36.4 Å². The third kappa shape index (κ3) is 5.49. The molecule has 1 aromatic heterocycles. The Kier molecular flexibility index (Phi) is 7.35. The van der Waals surface area contributed by atoms with Crippen molar-refractivity contribution in [2.24, 2.45) is 5.92 Å². The van der Waals surface area contributed by atoms with Gasteiger partial charge in [0.05, 0.1) is 34.9 Å². The number of rotatable bonds is 7. The summed E-state index contributed by atoms with van der Waals surface area (Å²) in [6.45, 7) is 0.610. The highest BCUT2D eigenvalue weighted by atomic mass is 35.5. The first-order valence-corrected chi connectivity index (χ1v) is 12.6. The number of furan rings is 1. The quantitative estimate of drug-likeness (QED) is 0.510. The molecular formula is C24H24ClN3O5S. The zero-order chi connectivity index (χ0) is 24.1. The second kappa shape index (κ2) is 10.4. The van der Waals surface area contributed by atoms with Gasteiger partial charge >= 0.3 is 0 Å². The number of halogens is 1. The van der Waals surface area contributed by atoms with Crippen molar-refractivity contribution >= 4 is 39.1 Å². The summed E-state index contributed by atoms with van der Waals surface area (Å²) in [7, 11) is -3.75. The van der Waals surface area contributed by atoms with Crippen LogP contribution in [0.5, 0.6) is 0 Å². The Balaban J connectivity index is 1.43. The van der Waals surface area contributed by atoms with Crippen molar-refractivity contribution in [2.75, 3.05) is 18.4 Å². The van der Waals surface area contributed by atoms with Gasteiger partial charge in [-0.05, 0) is 61.4 Å². The molecule has 0 unspecified atom stereocenters. The van der Waals surface area contributed by atoms with E-state index in [4.69, 9.17) is 16.0 Å². The van der Waals surface area contributed by atoms with Crippen LogP contribution in [0.3, 0.4) is 0 Å². The Labute approximate surface area is 203 Å². The molecule has 0 saturated carbocycles. The molecule has 2 heterocycles. The summed E-state index contributed by atoms with van der Waals surface area (Å²) < 4.78 is 32.6. The van der Waals surface area contributed by atoms with Crippen molar-refractivity contribution in [2.45, 2.75) is 24.3 Å². The molecule has 34 heavy (non-hydrogen) atoms. The van der Waals surface area contributed by atoms with Crippen LogP contribution in [0.1, 0.15) is 29.0 Å². The third-order valence-corrected chi connectivity index (χ3v) is 7.77. The maximum Gasteiger partial charge on any atom is 0.253 e. The summed E-state index contributed by atoms with van der Waals surface area (Å²) in [5, 5.41) is 6.02. The van der Waals surface area contributed by atoms with Gasteiger partial charge in [-0.2, -0.15) is 4.31 Å². The lowest BCUT2D eigenvalue weighted by molar-refractivity contribution is -0.120. The van der Waals surface area contributed by atoms with Crippen LogP contribution >= 0.6 is 11.6 Å². The molecular weight excluding hydrogens is 478 g/mol. The molecule has 1 fully saturated rings. The number of carbonyl (C=O) groups is 2. The average Bonchev–Trinajstić information content (AvgIpc) is 3.37. The van der Waals surface area contributed by atoms with E-state index in [9.17, 15) is 18.0 Å². The number of nitrogens with zero attached hydrogens (tertiary/aromatic N) is 1. The lowest BCUT2D eigenvalue weighted by atomic mass is 9.98. The highest BCUT2D eigenvalue weighted by Crippen LogP contribution is 2.26. The summed E-state index contributed by atoms with van der Waals surface area (Å²) in [6.07, 6.45) is 2.62. The molecule has 10 heteroatoms. The van der Waals surface area contributed by atoms with E-state index in [0.717, 1.165) is 0 Å². The lowest BCUT2D eigenvalue weighted by Gasteiger charge is -2.31.